The van der Waals surface area contributed by atoms with Crippen molar-refractivity contribution in [3.8, 4) is 0 Å². The molecule has 3 saturated heterocycles. The summed E-state index contributed by atoms with van der Waals surface area (Å²) in [6.45, 7) is 4.77. The number of amides is 3. The fourth-order valence-corrected chi connectivity index (χ4v) is 12.4. The van der Waals surface area contributed by atoms with Gasteiger partial charge in [-0.1, -0.05) is 54.6 Å². The van der Waals surface area contributed by atoms with E-state index in [0.717, 1.165) is 5.56 Å². The summed E-state index contributed by atoms with van der Waals surface area (Å²) < 4.78 is 35.4. The maximum absolute atomic E-state index is 16.8. The summed E-state index contributed by atoms with van der Waals surface area (Å²) in [6.07, 6.45) is -17.6. The van der Waals surface area contributed by atoms with Crippen LogP contribution in [0.1, 0.15) is 41.6 Å². The molecule has 1 aromatic heterocycles. The molecule has 23 heteroatoms. The second-order valence-electron chi connectivity index (χ2n) is 18.2. The maximum atomic E-state index is 16.8. The van der Waals surface area contributed by atoms with Gasteiger partial charge in [0.25, 0.3) is 17.7 Å². The summed E-state index contributed by atoms with van der Waals surface area (Å²) >= 11 is 0. The number of halogens is 1. The van der Waals surface area contributed by atoms with Crippen LogP contribution in [0.4, 0.5) is 21.2 Å². The first kappa shape index (κ1) is 49.3. The molecule has 21 nitrogen and oxygen atoms in total. The van der Waals surface area contributed by atoms with Gasteiger partial charge in [0, 0.05) is 41.1 Å². The zero-order valence-corrected chi connectivity index (χ0v) is 38.1. The second-order valence-corrected chi connectivity index (χ2v) is 22.0. The number of carbonyl (C=O) groups is 3. The Balaban J connectivity index is 1.08. The number of fused-ring (bicyclic) bond motifs is 2. The molecular weight excluding hydrogens is 912 g/mol. The largest absolute Gasteiger partial charge is 0.395 e. The predicted molar refractivity (Wildman–Crippen MR) is 237 cm³/mol. The fourth-order valence-electron chi connectivity index (χ4n) is 9.91. The van der Waals surface area contributed by atoms with Crippen molar-refractivity contribution in [3.63, 3.8) is 0 Å². The van der Waals surface area contributed by atoms with Gasteiger partial charge in [0.2, 0.25) is 8.41 Å². The number of carbonyl (C=O) groups excluding carboxylic acids is 3. The molecule has 4 aliphatic rings. The van der Waals surface area contributed by atoms with Crippen LogP contribution in [0.3, 0.4) is 0 Å². The third-order valence-electron chi connectivity index (χ3n) is 13.4. The smallest absolute Gasteiger partial charge is 0.264 e. The summed E-state index contributed by atoms with van der Waals surface area (Å²) in [7, 11) is -3.68. The number of hydrogen-bond acceptors (Lipinski definition) is 17. The molecule has 366 valence electrons. The van der Waals surface area contributed by atoms with E-state index in [0.29, 0.717) is 22.5 Å². The minimum absolute atomic E-state index is 0.0640. The van der Waals surface area contributed by atoms with Crippen LogP contribution in [0.5, 0.6) is 0 Å². The van der Waals surface area contributed by atoms with Crippen LogP contribution in [-0.4, -0.2) is 161 Å². The number of anilines is 3. The maximum Gasteiger partial charge on any atom is 0.264 e. The standard InChI is InChI=1S/C45H55FN6O15Si/c1-21-39(68(2,3)46)30(15-16-51-19-28(49-50-51)26(20-53)23-7-5-4-6-8-23)67-45(21)27-17-25(48-41(61)38-34(57)32(55)36(59)43(63)66-38)13-14-29(27)52(44(45)64)18-22-9-11-24(12-10-22)47-40(60)37-33(56)31(54)35(58)42(62)65-37/h4-14,17,19,21,26,30-39,42-43,53-59,62-63H,15-16,18,20H2,1-3H3,(H,47,60)(H,48,61)/t21-,26?,30+,31+,32+,33+,34+,35-,36-,37+,38+,39-,42-,43-,45+/m1/s1. The average Bonchev–Trinajstić information content (AvgIpc) is 3.97. The van der Waals surface area contributed by atoms with Crippen LogP contribution < -0.4 is 15.5 Å². The van der Waals surface area contributed by atoms with Gasteiger partial charge in [-0.3, -0.25) is 19.1 Å². The molecular formula is C45H55FN6O15Si. The lowest BCUT2D eigenvalue weighted by atomic mass is 9.82. The molecule has 11 N–H and O–H groups in total. The van der Waals surface area contributed by atoms with Crippen LogP contribution in [0, 0.1) is 5.92 Å². The van der Waals surface area contributed by atoms with Crippen LogP contribution in [0.25, 0.3) is 0 Å². The SMILES string of the molecule is C[C@@H]1[C@@H]([Si](C)(C)F)[C@H](CCn2cc(C(CO)c3ccccc3)nn2)O[C@@]12C(=O)N(Cc1ccc(NC(=O)[C@H]3O[C@@H](O)[C@H](O)[C@@H](O)[C@@H]3O)cc1)c1ccc(NC(=O)[C@H]3O[C@@H](O)[C@H](O)[C@@H](O)[C@@H]3O)cc12. The fraction of sp³-hybridized carbons (Fsp3) is 0.489. The highest BCUT2D eigenvalue weighted by atomic mass is 28.4. The quantitative estimate of drug-likeness (QED) is 0.0583. The van der Waals surface area contributed by atoms with Gasteiger partial charge in [-0.05, 0) is 61.0 Å². The van der Waals surface area contributed by atoms with Gasteiger partial charge in [-0.15, -0.1) is 5.10 Å². The van der Waals surface area contributed by atoms with Crippen LogP contribution >= 0.6 is 0 Å². The predicted octanol–water partition coefficient (Wildman–Crippen LogP) is -0.709. The molecule has 15 atom stereocenters. The van der Waals surface area contributed by atoms with Crippen molar-refractivity contribution in [2.75, 3.05) is 22.1 Å². The number of aliphatic hydroxyl groups is 9. The van der Waals surface area contributed by atoms with E-state index in [2.05, 4.69) is 20.9 Å². The van der Waals surface area contributed by atoms with Crippen LogP contribution in [-0.2, 0) is 47.3 Å². The Kier molecular flexibility index (Phi) is 14.0. The number of nitrogens with zero attached hydrogens (tertiary/aromatic N) is 4. The molecule has 8 rings (SSSR count). The molecule has 3 fully saturated rings. The number of ether oxygens (including phenoxy) is 3. The summed E-state index contributed by atoms with van der Waals surface area (Å²) in [4.78, 5) is 43.2. The number of hydrogen-bond donors (Lipinski definition) is 11. The Morgan fingerprint density at radius 2 is 1.38 bits per heavy atom. The lowest BCUT2D eigenvalue weighted by molar-refractivity contribution is -0.274. The molecule has 4 aromatic rings. The van der Waals surface area contributed by atoms with Gasteiger partial charge in [0.05, 0.1) is 36.6 Å². The Morgan fingerprint density at radius 3 is 1.96 bits per heavy atom. The van der Waals surface area contributed by atoms with Gasteiger partial charge >= 0.3 is 0 Å². The number of rotatable bonds is 13. The van der Waals surface area contributed by atoms with E-state index in [1.54, 1.807) is 49.1 Å². The molecule has 5 heterocycles. The van der Waals surface area contributed by atoms with Gasteiger partial charge < -0.3 is 79.8 Å². The third-order valence-corrected chi connectivity index (χ3v) is 15.9. The average molecular weight is 967 g/mol. The molecule has 0 bridgehead atoms. The number of benzene rings is 3. The van der Waals surface area contributed by atoms with Crippen LogP contribution in [0.2, 0.25) is 18.6 Å². The Labute approximate surface area is 389 Å². The number of nitrogens with one attached hydrogen (secondary N) is 2. The van der Waals surface area contributed by atoms with Gasteiger partial charge in [-0.2, -0.15) is 0 Å². The molecule has 3 aromatic carbocycles. The molecule has 68 heavy (non-hydrogen) atoms. The van der Waals surface area contributed by atoms with Crippen molar-refractivity contribution in [1.29, 1.82) is 0 Å². The topological polar surface area (TPSA) is 319 Å². The highest BCUT2D eigenvalue weighted by molar-refractivity contribution is 6.72. The highest BCUT2D eigenvalue weighted by Crippen LogP contribution is 2.60. The van der Waals surface area contributed by atoms with Gasteiger partial charge in [0.1, 0.15) is 36.6 Å². The van der Waals surface area contributed by atoms with Gasteiger partial charge in [-0.25, -0.2) is 0 Å². The first-order valence-corrected chi connectivity index (χ1v) is 25.1. The molecule has 0 radical (unpaired) electrons. The van der Waals surface area contributed by atoms with Crippen LogP contribution in [0.15, 0.2) is 79.0 Å². The van der Waals surface area contributed by atoms with E-state index in [-0.39, 0.29) is 37.5 Å². The van der Waals surface area contributed by atoms with Crippen molar-refractivity contribution < 1.29 is 78.7 Å². The Bertz CT molecular complexity index is 2470. The Hall–Kier alpha value is -5.12. The highest BCUT2D eigenvalue weighted by Gasteiger charge is 2.66. The lowest BCUT2D eigenvalue weighted by Gasteiger charge is -2.37. The van der Waals surface area contributed by atoms with Gasteiger partial charge in [0.15, 0.2) is 30.4 Å². The lowest BCUT2D eigenvalue weighted by Crippen LogP contribution is -2.60. The third kappa shape index (κ3) is 9.10. The number of aliphatic hydroxyl groups excluding tert-OH is 9. The molecule has 4 aliphatic heterocycles. The monoisotopic (exact) mass is 966 g/mol. The number of aromatic nitrogens is 3. The minimum atomic E-state index is -3.68. The van der Waals surface area contributed by atoms with Crippen molar-refractivity contribution >= 4 is 43.2 Å². The zero-order chi connectivity index (χ0) is 49.0. The van der Waals surface area contributed by atoms with E-state index in [1.807, 2.05) is 30.3 Å². The molecule has 0 saturated carbocycles. The van der Waals surface area contributed by atoms with E-state index >= 15 is 8.90 Å². The van der Waals surface area contributed by atoms with Crippen molar-refractivity contribution in [1.82, 2.24) is 15.0 Å². The minimum Gasteiger partial charge on any atom is -0.395 e. The summed E-state index contributed by atoms with van der Waals surface area (Å²) in [5.41, 5.74) is 0.325. The molecule has 1 spiro atoms. The van der Waals surface area contributed by atoms with E-state index in [9.17, 15) is 55.5 Å². The molecule has 1 unspecified atom stereocenters. The number of aryl methyl sites for hydroxylation is 1. The van der Waals surface area contributed by atoms with Crippen molar-refractivity contribution in [3.05, 3.63) is 101 Å². The van der Waals surface area contributed by atoms with Crippen molar-refractivity contribution in [2.45, 2.75) is 124 Å². The van der Waals surface area contributed by atoms with E-state index in [4.69, 9.17) is 14.2 Å². The molecule has 0 aliphatic carbocycles. The summed E-state index contributed by atoms with van der Waals surface area (Å²) in [5, 5.41) is 105. The Morgan fingerprint density at radius 1 is 0.809 bits per heavy atom. The second kappa shape index (κ2) is 19.3. The van der Waals surface area contributed by atoms with E-state index < -0.39 is 117 Å². The summed E-state index contributed by atoms with van der Waals surface area (Å²) in [6, 6.07) is 20.1. The molecule has 3 amide bonds. The van der Waals surface area contributed by atoms with Crippen molar-refractivity contribution in [2.24, 2.45) is 5.92 Å². The first-order valence-electron chi connectivity index (χ1n) is 22.1. The normalized spacial score (nSPS) is 33.1. The van der Waals surface area contributed by atoms with E-state index in [1.165, 1.54) is 29.2 Å². The summed E-state index contributed by atoms with van der Waals surface area (Å²) in [5.74, 6) is -3.66. The zero-order valence-electron chi connectivity index (χ0n) is 37.1. The first-order chi connectivity index (χ1) is 32.2.